The van der Waals surface area contributed by atoms with Gasteiger partial charge in [-0.15, -0.1) is 0 Å². The van der Waals surface area contributed by atoms with E-state index in [0.717, 1.165) is 15.6 Å². The molecular weight excluding hydrogens is 488 g/mol. The van der Waals surface area contributed by atoms with E-state index >= 15 is 0 Å². The topological polar surface area (TPSA) is 70.9 Å². The van der Waals surface area contributed by atoms with Gasteiger partial charge in [0.15, 0.2) is 0 Å². The summed E-state index contributed by atoms with van der Waals surface area (Å²) < 4.78 is 7.22. The fourth-order valence-electron chi connectivity index (χ4n) is 3.11. The minimum Gasteiger partial charge on any atom is -0.506 e. The van der Waals surface area contributed by atoms with Crippen LogP contribution in [0.1, 0.15) is 22.6 Å². The van der Waals surface area contributed by atoms with Gasteiger partial charge in [0.1, 0.15) is 17.2 Å². The van der Waals surface area contributed by atoms with Crippen LogP contribution >= 0.6 is 31.9 Å². The Morgan fingerprint density at radius 2 is 1.64 bits per heavy atom. The van der Waals surface area contributed by atoms with Gasteiger partial charge in [-0.3, -0.25) is 4.79 Å². The van der Waals surface area contributed by atoms with E-state index in [1.165, 1.54) is 6.21 Å². The molecule has 0 spiro atoms. The Labute approximate surface area is 178 Å². The van der Waals surface area contributed by atoms with Gasteiger partial charge in [-0.25, -0.2) is 5.43 Å². The number of carbonyl (C=O) groups is 1. The largest absolute Gasteiger partial charge is 0.506 e. The molecule has 0 aliphatic carbocycles. The van der Waals surface area contributed by atoms with Gasteiger partial charge in [-0.05, 0) is 40.2 Å². The van der Waals surface area contributed by atoms with Crippen molar-refractivity contribution < 1.29 is 14.6 Å². The number of fused-ring (bicyclic) bond motifs is 2. The molecule has 7 heteroatoms. The average molecular weight is 502 g/mol. The number of hydrogen-bond donors (Lipinski definition) is 2. The summed E-state index contributed by atoms with van der Waals surface area (Å²) in [5.41, 5.74) is 4.61. The first-order chi connectivity index (χ1) is 13.5. The van der Waals surface area contributed by atoms with Crippen molar-refractivity contribution in [1.82, 2.24) is 5.43 Å². The quantitative estimate of drug-likeness (QED) is 0.377. The second kappa shape index (κ2) is 7.77. The molecular formula is C21H14Br2N2O3. The third-order valence-electron chi connectivity index (χ3n) is 4.38. The number of halogens is 2. The van der Waals surface area contributed by atoms with Crippen molar-refractivity contribution in [3.63, 3.8) is 0 Å². The van der Waals surface area contributed by atoms with Gasteiger partial charge in [0.2, 0.25) is 0 Å². The molecule has 2 N–H and O–H groups in total. The molecule has 0 radical (unpaired) electrons. The summed E-state index contributed by atoms with van der Waals surface area (Å²) in [6.07, 6.45) is 1.40. The fourth-order valence-corrected chi connectivity index (χ4v) is 4.36. The van der Waals surface area contributed by atoms with E-state index in [0.29, 0.717) is 21.5 Å². The summed E-state index contributed by atoms with van der Waals surface area (Å²) in [6, 6.07) is 18.3. The third kappa shape index (κ3) is 3.55. The molecule has 4 rings (SSSR count). The van der Waals surface area contributed by atoms with Crippen LogP contribution in [0.5, 0.6) is 17.2 Å². The van der Waals surface area contributed by atoms with Crippen molar-refractivity contribution in [3.8, 4) is 17.2 Å². The molecule has 0 unspecified atom stereocenters. The molecule has 0 aromatic heterocycles. The van der Waals surface area contributed by atoms with E-state index in [2.05, 4.69) is 42.4 Å². The second-order valence-corrected chi connectivity index (χ2v) is 7.94. The first kappa shape index (κ1) is 18.7. The van der Waals surface area contributed by atoms with E-state index in [1.54, 1.807) is 12.1 Å². The van der Waals surface area contributed by atoms with Crippen LogP contribution in [0.4, 0.5) is 0 Å². The first-order valence-electron chi connectivity index (χ1n) is 8.41. The Balaban J connectivity index is 1.62. The van der Waals surface area contributed by atoms with Crippen LogP contribution in [0.15, 0.2) is 74.7 Å². The summed E-state index contributed by atoms with van der Waals surface area (Å²) in [5.74, 6) is 0.523. The Hall–Kier alpha value is -2.64. The normalized spacial score (nSPS) is 12.9. The summed E-state index contributed by atoms with van der Waals surface area (Å²) >= 11 is 6.64. The molecule has 1 amide bonds. The highest BCUT2D eigenvalue weighted by molar-refractivity contribution is 9.11. The van der Waals surface area contributed by atoms with E-state index < -0.39 is 5.92 Å². The van der Waals surface area contributed by atoms with Crippen LogP contribution in [0, 0.1) is 0 Å². The Bertz CT molecular complexity index is 1050. The standard InChI is InChI=1S/C21H14Br2N2O3/c22-13-9-12(20(26)16(23)10-13)11-24-25-21(27)19-14-5-1-3-7-17(14)28-18-8-4-2-6-15(18)19/h1-11,19,26H,(H,25,27)/b24-11-. The molecule has 0 saturated carbocycles. The van der Waals surface area contributed by atoms with Gasteiger partial charge < -0.3 is 9.84 Å². The molecule has 28 heavy (non-hydrogen) atoms. The highest BCUT2D eigenvalue weighted by Crippen LogP contribution is 2.43. The lowest BCUT2D eigenvalue weighted by atomic mass is 9.87. The molecule has 140 valence electrons. The number of hydrogen-bond acceptors (Lipinski definition) is 4. The Morgan fingerprint density at radius 1 is 1.04 bits per heavy atom. The molecule has 0 bridgehead atoms. The summed E-state index contributed by atoms with van der Waals surface area (Å²) in [5, 5.41) is 14.1. The predicted octanol–water partition coefficient (Wildman–Crippen LogP) is 5.31. The molecule has 5 nitrogen and oxygen atoms in total. The lowest BCUT2D eigenvalue weighted by Gasteiger charge is -2.26. The Kier molecular flexibility index (Phi) is 5.19. The number of hydrazone groups is 1. The fraction of sp³-hybridized carbons (Fsp3) is 0.0476. The number of phenols is 1. The SMILES string of the molecule is O=C(N/N=C\c1cc(Br)cc(Br)c1O)C1c2ccccc2Oc2ccccc21. The highest BCUT2D eigenvalue weighted by Gasteiger charge is 2.32. The average Bonchev–Trinajstić information content (AvgIpc) is 2.69. The maximum absolute atomic E-state index is 13.0. The van der Waals surface area contributed by atoms with Crippen LogP contribution in [0.2, 0.25) is 0 Å². The van der Waals surface area contributed by atoms with Gasteiger partial charge in [0, 0.05) is 21.2 Å². The molecule has 0 saturated heterocycles. The van der Waals surface area contributed by atoms with Gasteiger partial charge in [-0.1, -0.05) is 52.3 Å². The maximum Gasteiger partial charge on any atom is 0.252 e. The zero-order valence-corrected chi connectivity index (χ0v) is 17.6. The molecule has 1 heterocycles. The van der Waals surface area contributed by atoms with E-state index in [1.807, 2.05) is 48.5 Å². The lowest BCUT2D eigenvalue weighted by molar-refractivity contribution is -0.121. The van der Waals surface area contributed by atoms with Crippen molar-refractivity contribution in [1.29, 1.82) is 0 Å². The monoisotopic (exact) mass is 500 g/mol. The maximum atomic E-state index is 13.0. The van der Waals surface area contributed by atoms with Gasteiger partial charge in [0.25, 0.3) is 5.91 Å². The minimum absolute atomic E-state index is 0.0444. The molecule has 3 aromatic rings. The number of carbonyl (C=O) groups excluding carboxylic acids is 1. The van der Waals surface area contributed by atoms with Gasteiger partial charge in [0.05, 0.1) is 16.6 Å². The molecule has 0 atom stereocenters. The number of nitrogens with zero attached hydrogens (tertiary/aromatic N) is 1. The predicted molar refractivity (Wildman–Crippen MR) is 114 cm³/mol. The van der Waals surface area contributed by atoms with Crippen LogP contribution in [-0.2, 0) is 4.79 Å². The number of amides is 1. The number of benzene rings is 3. The van der Waals surface area contributed by atoms with Crippen LogP contribution in [0.25, 0.3) is 0 Å². The first-order valence-corrected chi connectivity index (χ1v) is 10.00. The molecule has 0 fully saturated rings. The van der Waals surface area contributed by atoms with E-state index in [-0.39, 0.29) is 11.7 Å². The number of para-hydroxylation sites is 2. The number of aromatic hydroxyl groups is 1. The van der Waals surface area contributed by atoms with Crippen LogP contribution in [-0.4, -0.2) is 17.2 Å². The molecule has 1 aliphatic heterocycles. The van der Waals surface area contributed by atoms with Crippen molar-refractivity contribution in [2.75, 3.05) is 0 Å². The van der Waals surface area contributed by atoms with Crippen molar-refractivity contribution >= 4 is 44.0 Å². The number of ether oxygens (including phenoxy) is 1. The number of phenolic OH excluding ortho intramolecular Hbond substituents is 1. The number of rotatable bonds is 3. The Morgan fingerprint density at radius 3 is 2.29 bits per heavy atom. The smallest absolute Gasteiger partial charge is 0.252 e. The number of nitrogens with one attached hydrogen (secondary N) is 1. The highest BCUT2D eigenvalue weighted by atomic mass is 79.9. The zero-order chi connectivity index (χ0) is 19.7. The minimum atomic E-state index is -0.541. The second-order valence-electron chi connectivity index (χ2n) is 6.17. The summed E-state index contributed by atoms with van der Waals surface area (Å²) in [6.45, 7) is 0. The van der Waals surface area contributed by atoms with E-state index in [4.69, 9.17) is 4.74 Å². The van der Waals surface area contributed by atoms with Crippen molar-refractivity contribution in [2.24, 2.45) is 5.10 Å². The van der Waals surface area contributed by atoms with Gasteiger partial charge in [-0.2, -0.15) is 5.10 Å². The van der Waals surface area contributed by atoms with Crippen molar-refractivity contribution in [2.45, 2.75) is 5.92 Å². The van der Waals surface area contributed by atoms with Gasteiger partial charge >= 0.3 is 0 Å². The molecule has 1 aliphatic rings. The summed E-state index contributed by atoms with van der Waals surface area (Å²) in [4.78, 5) is 13.0. The molecule has 3 aromatic carbocycles. The van der Waals surface area contributed by atoms with Crippen LogP contribution in [0.3, 0.4) is 0 Å². The zero-order valence-electron chi connectivity index (χ0n) is 14.4. The lowest BCUT2D eigenvalue weighted by Crippen LogP contribution is -2.28. The van der Waals surface area contributed by atoms with Crippen molar-refractivity contribution in [3.05, 3.63) is 86.3 Å². The summed E-state index contributed by atoms with van der Waals surface area (Å²) in [7, 11) is 0. The van der Waals surface area contributed by atoms with E-state index in [9.17, 15) is 9.90 Å². The van der Waals surface area contributed by atoms with Crippen LogP contribution < -0.4 is 10.2 Å². The third-order valence-corrected chi connectivity index (χ3v) is 5.44.